The number of hydrogen-bond acceptors (Lipinski definition) is 2. The van der Waals surface area contributed by atoms with E-state index in [1.54, 1.807) is 0 Å². The molecule has 0 saturated heterocycles. The molecule has 0 radical (unpaired) electrons. The summed E-state index contributed by atoms with van der Waals surface area (Å²) in [4.78, 5) is 12.3. The normalized spacial score (nSPS) is 20.9. The van der Waals surface area contributed by atoms with Crippen molar-refractivity contribution in [1.29, 1.82) is 0 Å². The van der Waals surface area contributed by atoms with E-state index in [9.17, 15) is 4.79 Å². The molecule has 0 spiro atoms. The van der Waals surface area contributed by atoms with E-state index < -0.39 is 5.41 Å². The van der Waals surface area contributed by atoms with Crippen molar-refractivity contribution < 1.29 is 4.79 Å². The molecule has 0 aromatic heterocycles. The van der Waals surface area contributed by atoms with Crippen molar-refractivity contribution in [2.24, 2.45) is 17.1 Å². The average Bonchev–Trinajstić information content (AvgIpc) is 2.97. The van der Waals surface area contributed by atoms with E-state index in [1.807, 2.05) is 6.92 Å². The van der Waals surface area contributed by atoms with Gasteiger partial charge < -0.3 is 11.1 Å². The Balaban J connectivity index is 2.43. The fourth-order valence-electron chi connectivity index (χ4n) is 1.90. The maximum atomic E-state index is 12.0. The van der Waals surface area contributed by atoms with Gasteiger partial charge in [0.05, 0.1) is 10.4 Å². The first kappa shape index (κ1) is 13.4. The van der Waals surface area contributed by atoms with Gasteiger partial charge in [0.1, 0.15) is 0 Å². The SMILES string of the molecule is CCC(C)CC(C)NC(=O)C1(C(N)=S)CC1. The minimum absolute atomic E-state index is 0.0239. The smallest absolute Gasteiger partial charge is 0.233 e. The Bertz CT molecular complexity index is 287. The standard InChI is InChI=1S/C12H22N2OS/c1-4-8(2)7-9(3)14-11(15)12(5-6-12)10(13)16/h8-9H,4-7H2,1-3H3,(H2,13,16)(H,14,15). The Hall–Kier alpha value is -0.640. The summed E-state index contributed by atoms with van der Waals surface area (Å²) in [7, 11) is 0. The molecular formula is C12H22N2OS. The van der Waals surface area contributed by atoms with Gasteiger partial charge in [0.2, 0.25) is 5.91 Å². The maximum absolute atomic E-state index is 12.0. The van der Waals surface area contributed by atoms with Crippen LogP contribution in [-0.4, -0.2) is 16.9 Å². The second kappa shape index (κ2) is 5.13. The van der Waals surface area contributed by atoms with Crippen LogP contribution in [0.1, 0.15) is 46.5 Å². The van der Waals surface area contributed by atoms with Gasteiger partial charge >= 0.3 is 0 Å². The lowest BCUT2D eigenvalue weighted by molar-refractivity contribution is -0.124. The molecular weight excluding hydrogens is 220 g/mol. The van der Waals surface area contributed by atoms with Gasteiger partial charge in [-0.25, -0.2) is 0 Å². The molecule has 2 atom stereocenters. The number of carbonyl (C=O) groups is 1. The van der Waals surface area contributed by atoms with E-state index in [2.05, 4.69) is 19.2 Å². The van der Waals surface area contributed by atoms with Gasteiger partial charge in [0, 0.05) is 6.04 Å². The molecule has 16 heavy (non-hydrogen) atoms. The van der Waals surface area contributed by atoms with Crippen LogP contribution in [0.15, 0.2) is 0 Å². The zero-order valence-electron chi connectivity index (χ0n) is 10.4. The van der Waals surface area contributed by atoms with Crippen molar-refractivity contribution in [2.75, 3.05) is 0 Å². The largest absolute Gasteiger partial charge is 0.392 e. The van der Waals surface area contributed by atoms with Crippen LogP contribution >= 0.6 is 12.2 Å². The lowest BCUT2D eigenvalue weighted by atomic mass is 9.99. The summed E-state index contributed by atoms with van der Waals surface area (Å²) >= 11 is 4.95. The van der Waals surface area contributed by atoms with Crippen molar-refractivity contribution in [3.8, 4) is 0 Å². The van der Waals surface area contributed by atoms with Crippen molar-refractivity contribution in [1.82, 2.24) is 5.32 Å². The first-order chi connectivity index (χ1) is 7.42. The van der Waals surface area contributed by atoms with E-state index in [-0.39, 0.29) is 11.9 Å². The number of nitrogens with one attached hydrogen (secondary N) is 1. The van der Waals surface area contributed by atoms with Crippen molar-refractivity contribution in [3.05, 3.63) is 0 Å². The summed E-state index contributed by atoms with van der Waals surface area (Å²) in [5.41, 5.74) is 5.09. The lowest BCUT2D eigenvalue weighted by Crippen LogP contribution is -2.43. The molecule has 0 heterocycles. The topological polar surface area (TPSA) is 55.1 Å². The molecule has 4 heteroatoms. The number of carbonyl (C=O) groups excluding carboxylic acids is 1. The van der Waals surface area contributed by atoms with Crippen LogP contribution in [0.5, 0.6) is 0 Å². The second-order valence-corrected chi connectivity index (χ2v) is 5.51. The van der Waals surface area contributed by atoms with Gasteiger partial charge in [-0.05, 0) is 32.1 Å². The highest BCUT2D eigenvalue weighted by atomic mass is 32.1. The molecule has 1 fully saturated rings. The van der Waals surface area contributed by atoms with E-state index in [0.717, 1.165) is 25.7 Å². The third kappa shape index (κ3) is 2.94. The molecule has 92 valence electrons. The zero-order valence-corrected chi connectivity index (χ0v) is 11.2. The highest BCUT2D eigenvalue weighted by Crippen LogP contribution is 2.46. The number of rotatable bonds is 6. The number of amides is 1. The molecule has 3 nitrogen and oxygen atoms in total. The summed E-state index contributed by atoms with van der Waals surface area (Å²) in [6.45, 7) is 6.40. The summed E-state index contributed by atoms with van der Waals surface area (Å²) < 4.78 is 0. The van der Waals surface area contributed by atoms with E-state index in [0.29, 0.717) is 10.9 Å². The van der Waals surface area contributed by atoms with Crippen LogP contribution in [0.4, 0.5) is 0 Å². The van der Waals surface area contributed by atoms with Gasteiger partial charge in [0.25, 0.3) is 0 Å². The lowest BCUT2D eigenvalue weighted by Gasteiger charge is -2.21. The molecule has 1 rings (SSSR count). The van der Waals surface area contributed by atoms with Crippen LogP contribution in [-0.2, 0) is 4.79 Å². The maximum Gasteiger partial charge on any atom is 0.233 e. The minimum atomic E-state index is -0.515. The van der Waals surface area contributed by atoms with Gasteiger partial charge in [-0.3, -0.25) is 4.79 Å². The molecule has 2 unspecified atom stereocenters. The molecule has 0 bridgehead atoms. The molecule has 1 aliphatic rings. The fourth-order valence-corrected chi connectivity index (χ4v) is 2.20. The third-order valence-corrected chi connectivity index (χ3v) is 3.88. The summed E-state index contributed by atoms with van der Waals surface area (Å²) in [5.74, 6) is 0.658. The van der Waals surface area contributed by atoms with Crippen molar-refractivity contribution >= 4 is 23.1 Å². The second-order valence-electron chi connectivity index (χ2n) is 5.07. The Kier molecular flexibility index (Phi) is 4.30. The number of hydrogen-bond donors (Lipinski definition) is 2. The van der Waals surface area contributed by atoms with Crippen LogP contribution < -0.4 is 11.1 Å². The Morgan fingerprint density at radius 1 is 1.50 bits per heavy atom. The molecule has 1 aliphatic carbocycles. The first-order valence-corrected chi connectivity index (χ1v) is 6.44. The van der Waals surface area contributed by atoms with Crippen LogP contribution in [0.3, 0.4) is 0 Å². The molecule has 1 amide bonds. The number of nitrogens with two attached hydrogens (primary N) is 1. The summed E-state index contributed by atoms with van der Waals surface area (Å²) in [5, 5.41) is 3.02. The van der Waals surface area contributed by atoms with E-state index >= 15 is 0 Å². The summed E-state index contributed by atoms with van der Waals surface area (Å²) in [6.07, 6.45) is 3.77. The third-order valence-electron chi connectivity index (χ3n) is 3.49. The minimum Gasteiger partial charge on any atom is -0.392 e. The van der Waals surface area contributed by atoms with Gasteiger partial charge in [-0.15, -0.1) is 0 Å². The highest BCUT2D eigenvalue weighted by molar-refractivity contribution is 7.80. The predicted octanol–water partition coefficient (Wildman–Crippen LogP) is 1.99. The Morgan fingerprint density at radius 3 is 2.44 bits per heavy atom. The van der Waals surface area contributed by atoms with E-state index in [4.69, 9.17) is 18.0 Å². The molecule has 0 aromatic carbocycles. The fraction of sp³-hybridized carbons (Fsp3) is 0.833. The molecule has 3 N–H and O–H groups in total. The van der Waals surface area contributed by atoms with Gasteiger partial charge in [-0.2, -0.15) is 0 Å². The van der Waals surface area contributed by atoms with E-state index in [1.165, 1.54) is 0 Å². The van der Waals surface area contributed by atoms with Crippen LogP contribution in [0.2, 0.25) is 0 Å². The highest BCUT2D eigenvalue weighted by Gasteiger charge is 2.52. The van der Waals surface area contributed by atoms with Gasteiger partial charge in [-0.1, -0.05) is 32.5 Å². The molecule has 0 aliphatic heterocycles. The number of thiocarbonyl (C=S) groups is 1. The van der Waals surface area contributed by atoms with Gasteiger partial charge in [0.15, 0.2) is 0 Å². The first-order valence-electron chi connectivity index (χ1n) is 6.03. The Labute approximate surface area is 103 Å². The molecule has 1 saturated carbocycles. The zero-order chi connectivity index (χ0) is 12.3. The summed E-state index contributed by atoms with van der Waals surface area (Å²) in [6, 6.07) is 0.203. The van der Waals surface area contributed by atoms with Crippen LogP contribution in [0, 0.1) is 11.3 Å². The van der Waals surface area contributed by atoms with Crippen molar-refractivity contribution in [3.63, 3.8) is 0 Å². The van der Waals surface area contributed by atoms with Crippen LogP contribution in [0.25, 0.3) is 0 Å². The van der Waals surface area contributed by atoms with Crippen molar-refractivity contribution in [2.45, 2.75) is 52.5 Å². The quantitative estimate of drug-likeness (QED) is 0.700. The predicted molar refractivity (Wildman–Crippen MR) is 70.1 cm³/mol. The monoisotopic (exact) mass is 242 g/mol. The average molecular weight is 242 g/mol. The molecule has 0 aromatic rings. The Morgan fingerprint density at radius 2 is 2.06 bits per heavy atom.